The van der Waals surface area contributed by atoms with Crippen LogP contribution in [0.2, 0.25) is 0 Å². The summed E-state index contributed by atoms with van der Waals surface area (Å²) in [7, 11) is 0. The summed E-state index contributed by atoms with van der Waals surface area (Å²) in [5.41, 5.74) is 0.982. The predicted octanol–water partition coefficient (Wildman–Crippen LogP) is 3.48. The topological polar surface area (TPSA) is 42.2 Å². The molecule has 2 atom stereocenters. The third kappa shape index (κ3) is 2.43. The van der Waals surface area contributed by atoms with Gasteiger partial charge in [-0.25, -0.2) is 0 Å². The fraction of sp³-hybridized carbons (Fsp3) is 0.267. The maximum atomic E-state index is 12.2. The van der Waals surface area contributed by atoms with Gasteiger partial charge in [-0.1, -0.05) is 30.3 Å². The van der Waals surface area contributed by atoms with Gasteiger partial charge in [0.25, 0.3) is 0 Å². The van der Waals surface area contributed by atoms with Crippen LogP contribution in [0.5, 0.6) is 0 Å². The van der Waals surface area contributed by atoms with Crippen LogP contribution in [0.1, 0.15) is 17.2 Å². The molecule has 0 saturated heterocycles. The number of hydrogen-bond donors (Lipinski definition) is 1. The van der Waals surface area contributed by atoms with Crippen LogP contribution >= 0.6 is 23.2 Å². The van der Waals surface area contributed by atoms with Gasteiger partial charge in [-0.3, -0.25) is 4.79 Å². The summed E-state index contributed by atoms with van der Waals surface area (Å²) in [6.07, 6.45) is 1.57. The average molecular weight is 310 g/mol. The van der Waals surface area contributed by atoms with Crippen LogP contribution in [0, 0.1) is 5.92 Å². The van der Waals surface area contributed by atoms with Crippen molar-refractivity contribution in [3.05, 3.63) is 60.1 Å². The number of rotatable bonds is 4. The highest BCUT2D eigenvalue weighted by Crippen LogP contribution is 2.64. The zero-order valence-electron chi connectivity index (χ0n) is 10.6. The minimum atomic E-state index is -1.03. The van der Waals surface area contributed by atoms with E-state index in [1.165, 1.54) is 0 Å². The summed E-state index contributed by atoms with van der Waals surface area (Å²) < 4.78 is 4.13. The molecule has 5 heteroatoms. The van der Waals surface area contributed by atoms with Crippen LogP contribution in [0.15, 0.2) is 53.1 Å². The lowest BCUT2D eigenvalue weighted by Gasteiger charge is -2.02. The molecule has 1 amide bonds. The standard InChI is InChI=1S/C15H13Cl2NO2/c16-15(17)12(10-5-2-1-3-6-10)13(15)14(19)18-9-11-7-4-8-20-11/h1-8,12-13H,9H2,(H,18,19)/t12-,13+/m0/s1. The molecule has 1 aromatic heterocycles. The molecule has 1 N–H and O–H groups in total. The van der Waals surface area contributed by atoms with Crippen molar-refractivity contribution >= 4 is 29.1 Å². The Balaban J connectivity index is 1.67. The number of furan rings is 1. The lowest BCUT2D eigenvalue weighted by Crippen LogP contribution is -2.26. The van der Waals surface area contributed by atoms with Gasteiger partial charge in [0.2, 0.25) is 5.91 Å². The summed E-state index contributed by atoms with van der Waals surface area (Å²) in [5.74, 6) is -0.0444. The van der Waals surface area contributed by atoms with Crippen molar-refractivity contribution in [3.63, 3.8) is 0 Å². The van der Waals surface area contributed by atoms with E-state index in [0.717, 1.165) is 5.56 Å². The van der Waals surface area contributed by atoms with Gasteiger partial charge in [-0.05, 0) is 17.7 Å². The van der Waals surface area contributed by atoms with E-state index in [1.54, 1.807) is 18.4 Å². The van der Waals surface area contributed by atoms with Gasteiger partial charge in [-0.15, -0.1) is 23.2 Å². The molecule has 3 rings (SSSR count). The van der Waals surface area contributed by atoms with Crippen LogP contribution in [0.25, 0.3) is 0 Å². The monoisotopic (exact) mass is 309 g/mol. The Morgan fingerprint density at radius 2 is 1.95 bits per heavy atom. The molecule has 3 nitrogen and oxygen atoms in total. The molecule has 0 unspecified atom stereocenters. The van der Waals surface area contributed by atoms with Crippen LogP contribution in [0.3, 0.4) is 0 Å². The lowest BCUT2D eigenvalue weighted by molar-refractivity contribution is -0.122. The number of benzene rings is 1. The molecule has 20 heavy (non-hydrogen) atoms. The Hall–Kier alpha value is -1.45. The molecule has 1 saturated carbocycles. The molecule has 0 radical (unpaired) electrons. The first-order valence-electron chi connectivity index (χ1n) is 6.33. The second kappa shape index (κ2) is 5.15. The summed E-state index contributed by atoms with van der Waals surface area (Å²) in [6.45, 7) is 0.341. The molecule has 104 valence electrons. The molecule has 2 aromatic rings. The molecule has 1 aliphatic carbocycles. The number of carbonyl (C=O) groups is 1. The van der Waals surface area contributed by atoms with Crippen LogP contribution in [0.4, 0.5) is 0 Å². The van der Waals surface area contributed by atoms with E-state index in [2.05, 4.69) is 5.32 Å². The van der Waals surface area contributed by atoms with E-state index < -0.39 is 10.3 Å². The zero-order chi connectivity index (χ0) is 14.2. The molecule has 1 fully saturated rings. The second-order valence-electron chi connectivity index (χ2n) is 4.84. The van der Waals surface area contributed by atoms with Gasteiger partial charge < -0.3 is 9.73 Å². The van der Waals surface area contributed by atoms with Crippen molar-refractivity contribution in [2.45, 2.75) is 16.8 Å². The van der Waals surface area contributed by atoms with Crippen molar-refractivity contribution in [2.75, 3.05) is 0 Å². The van der Waals surface area contributed by atoms with E-state index in [1.807, 2.05) is 30.3 Å². The normalized spacial score (nSPS) is 23.3. The third-order valence-electron chi connectivity index (χ3n) is 3.51. The van der Waals surface area contributed by atoms with E-state index in [4.69, 9.17) is 27.6 Å². The molecule has 1 aromatic carbocycles. The second-order valence-corrected chi connectivity index (χ2v) is 6.28. The Kier molecular flexibility index (Phi) is 3.48. The molecular weight excluding hydrogens is 297 g/mol. The van der Waals surface area contributed by atoms with Crippen molar-refractivity contribution in [3.8, 4) is 0 Å². The van der Waals surface area contributed by atoms with Crippen molar-refractivity contribution in [1.82, 2.24) is 5.32 Å². The van der Waals surface area contributed by atoms with Gasteiger partial charge in [0.15, 0.2) is 0 Å². The van der Waals surface area contributed by atoms with Gasteiger partial charge >= 0.3 is 0 Å². The largest absolute Gasteiger partial charge is 0.467 e. The fourth-order valence-electron chi connectivity index (χ4n) is 2.43. The predicted molar refractivity (Wildman–Crippen MR) is 77.7 cm³/mol. The van der Waals surface area contributed by atoms with Crippen LogP contribution < -0.4 is 5.32 Å². The number of amides is 1. The minimum Gasteiger partial charge on any atom is -0.467 e. The summed E-state index contributed by atoms with van der Waals surface area (Å²) in [5, 5.41) is 2.80. The molecule has 0 aliphatic heterocycles. The number of carbonyl (C=O) groups excluding carboxylic acids is 1. The van der Waals surface area contributed by atoms with Crippen molar-refractivity contribution in [1.29, 1.82) is 0 Å². The lowest BCUT2D eigenvalue weighted by atomic mass is 10.1. The Bertz CT molecular complexity index is 596. The number of hydrogen-bond acceptors (Lipinski definition) is 2. The van der Waals surface area contributed by atoms with Gasteiger partial charge in [0.05, 0.1) is 18.7 Å². The number of alkyl halides is 2. The first kappa shape index (κ1) is 13.5. The minimum absolute atomic E-state index is 0.153. The highest BCUT2D eigenvalue weighted by atomic mass is 35.5. The first-order valence-corrected chi connectivity index (χ1v) is 7.09. The van der Waals surface area contributed by atoms with Crippen molar-refractivity contribution in [2.24, 2.45) is 5.92 Å². The maximum absolute atomic E-state index is 12.2. The Labute approximate surface area is 126 Å². The van der Waals surface area contributed by atoms with Crippen LogP contribution in [-0.2, 0) is 11.3 Å². The quantitative estimate of drug-likeness (QED) is 0.879. The van der Waals surface area contributed by atoms with E-state index in [0.29, 0.717) is 12.3 Å². The number of nitrogens with one attached hydrogen (secondary N) is 1. The zero-order valence-corrected chi connectivity index (χ0v) is 12.1. The highest BCUT2D eigenvalue weighted by Gasteiger charge is 2.67. The fourth-order valence-corrected chi connectivity index (χ4v) is 3.25. The summed E-state index contributed by atoms with van der Waals surface area (Å²) >= 11 is 12.5. The Morgan fingerprint density at radius 3 is 2.60 bits per heavy atom. The van der Waals surface area contributed by atoms with E-state index in [-0.39, 0.29) is 11.8 Å². The van der Waals surface area contributed by atoms with Gasteiger partial charge in [0, 0.05) is 5.92 Å². The maximum Gasteiger partial charge on any atom is 0.227 e. The third-order valence-corrected chi connectivity index (χ3v) is 4.45. The molecule has 0 bridgehead atoms. The molecular formula is C15H13Cl2NO2. The number of halogens is 2. The van der Waals surface area contributed by atoms with Crippen molar-refractivity contribution < 1.29 is 9.21 Å². The average Bonchev–Trinajstić information content (AvgIpc) is 2.80. The molecule has 1 heterocycles. The van der Waals surface area contributed by atoms with Gasteiger partial charge in [-0.2, -0.15) is 0 Å². The first-order chi connectivity index (χ1) is 9.60. The summed E-state index contributed by atoms with van der Waals surface area (Å²) in [4.78, 5) is 12.2. The smallest absolute Gasteiger partial charge is 0.227 e. The Morgan fingerprint density at radius 1 is 1.20 bits per heavy atom. The summed E-state index contributed by atoms with van der Waals surface area (Å²) in [6, 6.07) is 13.2. The van der Waals surface area contributed by atoms with Gasteiger partial charge in [0.1, 0.15) is 10.1 Å². The van der Waals surface area contributed by atoms with E-state index >= 15 is 0 Å². The van der Waals surface area contributed by atoms with E-state index in [9.17, 15) is 4.79 Å². The molecule has 1 aliphatic rings. The SMILES string of the molecule is O=C(NCc1ccco1)[C@H]1[C@H](c2ccccc2)C1(Cl)Cl. The highest BCUT2D eigenvalue weighted by molar-refractivity contribution is 6.53. The van der Waals surface area contributed by atoms with Crippen LogP contribution in [-0.4, -0.2) is 10.2 Å². The molecule has 0 spiro atoms.